The van der Waals surface area contributed by atoms with E-state index in [9.17, 15) is 4.79 Å². The Hall–Kier alpha value is -3.02. The van der Waals surface area contributed by atoms with Crippen molar-refractivity contribution in [3.05, 3.63) is 65.8 Å². The molecule has 3 rings (SSSR count). The zero-order chi connectivity index (χ0) is 16.2. The van der Waals surface area contributed by atoms with Crippen LogP contribution in [0.1, 0.15) is 34.8 Å². The molecule has 2 aromatic heterocycles. The summed E-state index contributed by atoms with van der Waals surface area (Å²) in [5.74, 6) is 0.656. The van der Waals surface area contributed by atoms with Crippen molar-refractivity contribution >= 4 is 5.91 Å². The monoisotopic (exact) mass is 308 g/mol. The number of hydrogen-bond acceptors (Lipinski definition) is 5. The third kappa shape index (κ3) is 3.42. The number of pyridine rings is 1. The first-order valence-corrected chi connectivity index (χ1v) is 7.25. The summed E-state index contributed by atoms with van der Waals surface area (Å²) in [5.41, 5.74) is 2.57. The molecule has 0 aliphatic rings. The van der Waals surface area contributed by atoms with Crippen molar-refractivity contribution in [1.82, 2.24) is 20.4 Å². The molecule has 1 unspecified atom stereocenters. The SMILES string of the molecule is Cc1ccc(-c2noc(C(C)NC(=O)c3ccncc3)n2)cc1. The van der Waals surface area contributed by atoms with Crippen LogP contribution in [0.25, 0.3) is 11.4 Å². The maximum atomic E-state index is 12.1. The Kier molecular flexibility index (Phi) is 4.14. The van der Waals surface area contributed by atoms with Gasteiger partial charge in [0.2, 0.25) is 11.7 Å². The fourth-order valence-electron chi connectivity index (χ4n) is 2.08. The summed E-state index contributed by atoms with van der Waals surface area (Å²) in [4.78, 5) is 20.4. The van der Waals surface area contributed by atoms with E-state index in [1.807, 2.05) is 31.2 Å². The standard InChI is InChI=1S/C17H16N4O2/c1-11-3-5-13(6-4-11)15-20-17(23-21-15)12(2)19-16(22)14-7-9-18-10-8-14/h3-10,12H,1-2H3,(H,19,22). The molecule has 0 spiro atoms. The van der Waals surface area contributed by atoms with Crippen molar-refractivity contribution in [3.8, 4) is 11.4 Å². The number of benzene rings is 1. The molecule has 3 aromatic rings. The fraction of sp³-hybridized carbons (Fsp3) is 0.176. The van der Waals surface area contributed by atoms with Crippen molar-refractivity contribution in [2.24, 2.45) is 0 Å². The molecule has 23 heavy (non-hydrogen) atoms. The molecular formula is C17H16N4O2. The molecule has 0 aliphatic carbocycles. The Labute approximate surface area is 133 Å². The third-order valence-corrected chi connectivity index (χ3v) is 3.41. The third-order valence-electron chi connectivity index (χ3n) is 3.41. The van der Waals surface area contributed by atoms with Gasteiger partial charge in [-0.1, -0.05) is 35.0 Å². The van der Waals surface area contributed by atoms with Crippen LogP contribution in [-0.2, 0) is 0 Å². The number of hydrogen-bond donors (Lipinski definition) is 1. The lowest BCUT2D eigenvalue weighted by Crippen LogP contribution is -2.26. The summed E-state index contributed by atoms with van der Waals surface area (Å²) in [5, 5.41) is 6.79. The molecule has 0 saturated heterocycles. The van der Waals surface area contributed by atoms with Crippen LogP contribution in [-0.4, -0.2) is 21.0 Å². The minimum absolute atomic E-state index is 0.213. The van der Waals surface area contributed by atoms with Crippen LogP contribution in [0.2, 0.25) is 0 Å². The number of aryl methyl sites for hydroxylation is 1. The van der Waals surface area contributed by atoms with Crippen LogP contribution in [0.3, 0.4) is 0 Å². The van der Waals surface area contributed by atoms with Crippen molar-refractivity contribution in [3.63, 3.8) is 0 Å². The molecule has 1 N–H and O–H groups in total. The maximum Gasteiger partial charge on any atom is 0.252 e. The minimum Gasteiger partial charge on any atom is -0.341 e. The first kappa shape index (κ1) is 14.9. The number of nitrogens with zero attached hydrogens (tertiary/aromatic N) is 3. The van der Waals surface area contributed by atoms with E-state index in [1.54, 1.807) is 31.5 Å². The summed E-state index contributed by atoms with van der Waals surface area (Å²) in [6.45, 7) is 3.81. The summed E-state index contributed by atoms with van der Waals surface area (Å²) in [7, 11) is 0. The van der Waals surface area contributed by atoms with Gasteiger partial charge in [0.1, 0.15) is 6.04 Å². The predicted octanol–water partition coefficient (Wildman–Crippen LogP) is 2.93. The van der Waals surface area contributed by atoms with Crippen LogP contribution < -0.4 is 5.32 Å². The molecule has 2 heterocycles. The van der Waals surface area contributed by atoms with Gasteiger partial charge in [-0.05, 0) is 26.0 Å². The first-order valence-electron chi connectivity index (χ1n) is 7.25. The smallest absolute Gasteiger partial charge is 0.252 e. The van der Waals surface area contributed by atoms with E-state index < -0.39 is 0 Å². The predicted molar refractivity (Wildman–Crippen MR) is 84.6 cm³/mol. The van der Waals surface area contributed by atoms with Crippen LogP contribution in [0, 0.1) is 6.92 Å². The van der Waals surface area contributed by atoms with Crippen LogP contribution in [0.15, 0.2) is 53.3 Å². The zero-order valence-corrected chi connectivity index (χ0v) is 12.9. The molecule has 1 aromatic carbocycles. The molecule has 0 aliphatic heterocycles. The second kappa shape index (κ2) is 6.39. The molecule has 0 bridgehead atoms. The van der Waals surface area contributed by atoms with Gasteiger partial charge >= 0.3 is 0 Å². The van der Waals surface area contributed by atoms with Gasteiger partial charge in [0.25, 0.3) is 5.91 Å². The minimum atomic E-state index is -0.387. The summed E-state index contributed by atoms with van der Waals surface area (Å²) < 4.78 is 5.26. The summed E-state index contributed by atoms with van der Waals surface area (Å²) >= 11 is 0. The highest BCUT2D eigenvalue weighted by Crippen LogP contribution is 2.19. The number of carbonyl (C=O) groups is 1. The lowest BCUT2D eigenvalue weighted by atomic mass is 10.1. The van der Waals surface area contributed by atoms with Gasteiger partial charge in [-0.2, -0.15) is 4.98 Å². The van der Waals surface area contributed by atoms with E-state index in [0.29, 0.717) is 17.3 Å². The molecule has 0 radical (unpaired) electrons. The molecule has 0 fully saturated rings. The molecule has 6 nitrogen and oxygen atoms in total. The van der Waals surface area contributed by atoms with E-state index in [-0.39, 0.29) is 11.9 Å². The van der Waals surface area contributed by atoms with Crippen molar-refractivity contribution in [1.29, 1.82) is 0 Å². The summed E-state index contributed by atoms with van der Waals surface area (Å²) in [6.07, 6.45) is 3.14. The van der Waals surface area contributed by atoms with Crippen molar-refractivity contribution in [2.75, 3.05) is 0 Å². The molecular weight excluding hydrogens is 292 g/mol. The number of rotatable bonds is 4. The second-order valence-electron chi connectivity index (χ2n) is 5.25. The topological polar surface area (TPSA) is 80.9 Å². The lowest BCUT2D eigenvalue weighted by Gasteiger charge is -2.09. The molecule has 116 valence electrons. The van der Waals surface area contributed by atoms with Gasteiger partial charge < -0.3 is 9.84 Å². The Morgan fingerprint density at radius 3 is 2.52 bits per heavy atom. The Bertz CT molecular complexity index is 797. The first-order chi connectivity index (χ1) is 11.1. The zero-order valence-electron chi connectivity index (χ0n) is 12.9. The quantitative estimate of drug-likeness (QED) is 0.801. The molecule has 1 amide bonds. The average Bonchev–Trinajstić information content (AvgIpc) is 3.06. The number of amides is 1. The fourth-order valence-corrected chi connectivity index (χ4v) is 2.08. The average molecular weight is 308 g/mol. The number of aromatic nitrogens is 3. The van der Waals surface area contributed by atoms with Crippen molar-refractivity contribution in [2.45, 2.75) is 19.9 Å². The molecule has 6 heteroatoms. The van der Waals surface area contributed by atoms with Crippen LogP contribution >= 0.6 is 0 Å². The highest BCUT2D eigenvalue weighted by molar-refractivity contribution is 5.94. The van der Waals surface area contributed by atoms with Gasteiger partial charge in [-0.3, -0.25) is 9.78 Å². The largest absolute Gasteiger partial charge is 0.341 e. The second-order valence-corrected chi connectivity index (χ2v) is 5.25. The van der Waals surface area contributed by atoms with Gasteiger partial charge in [-0.15, -0.1) is 0 Å². The number of carbonyl (C=O) groups excluding carboxylic acids is 1. The molecule has 0 saturated carbocycles. The number of nitrogens with one attached hydrogen (secondary N) is 1. The lowest BCUT2D eigenvalue weighted by molar-refractivity contribution is 0.0932. The van der Waals surface area contributed by atoms with Gasteiger partial charge in [0.05, 0.1) is 0 Å². The summed E-state index contributed by atoms with van der Waals surface area (Å²) in [6, 6.07) is 10.7. The Balaban J connectivity index is 1.72. The van der Waals surface area contributed by atoms with Crippen LogP contribution in [0.5, 0.6) is 0 Å². The normalized spacial score (nSPS) is 11.9. The highest BCUT2D eigenvalue weighted by atomic mass is 16.5. The highest BCUT2D eigenvalue weighted by Gasteiger charge is 2.18. The molecule has 1 atom stereocenters. The van der Waals surface area contributed by atoms with E-state index in [4.69, 9.17) is 4.52 Å². The maximum absolute atomic E-state index is 12.1. The van der Waals surface area contributed by atoms with Gasteiger partial charge in [0, 0.05) is 23.5 Å². The van der Waals surface area contributed by atoms with E-state index >= 15 is 0 Å². The Morgan fingerprint density at radius 2 is 1.83 bits per heavy atom. The van der Waals surface area contributed by atoms with E-state index in [0.717, 1.165) is 11.1 Å². The van der Waals surface area contributed by atoms with Gasteiger partial charge in [0.15, 0.2) is 0 Å². The van der Waals surface area contributed by atoms with Crippen LogP contribution in [0.4, 0.5) is 0 Å². The Morgan fingerprint density at radius 1 is 1.13 bits per heavy atom. The van der Waals surface area contributed by atoms with E-state index in [1.165, 1.54) is 0 Å². The van der Waals surface area contributed by atoms with Gasteiger partial charge in [-0.25, -0.2) is 0 Å². The van der Waals surface area contributed by atoms with Crippen molar-refractivity contribution < 1.29 is 9.32 Å². The van der Waals surface area contributed by atoms with E-state index in [2.05, 4.69) is 20.4 Å².